The van der Waals surface area contributed by atoms with Crippen LogP contribution >= 0.6 is 0 Å². The van der Waals surface area contributed by atoms with Crippen molar-refractivity contribution >= 4 is 11.8 Å². The molecule has 0 spiro atoms. The second kappa shape index (κ2) is 12.1. The lowest BCUT2D eigenvalue weighted by molar-refractivity contribution is -0.140. The molecule has 4 aromatic carbocycles. The molecule has 1 aliphatic rings. The molecule has 0 aliphatic carbocycles. The van der Waals surface area contributed by atoms with E-state index in [-0.39, 0.29) is 25.0 Å². The zero-order valence-electron chi connectivity index (χ0n) is 21.1. The molecule has 1 heterocycles. The zero-order valence-corrected chi connectivity index (χ0v) is 21.1. The Kier molecular flexibility index (Phi) is 7.99. The summed E-state index contributed by atoms with van der Waals surface area (Å²) in [6, 6.07) is 34.2. The number of amides is 2. The van der Waals surface area contributed by atoms with E-state index >= 15 is 0 Å². The molecule has 6 nitrogen and oxygen atoms in total. The fraction of sp³-hybridized carbons (Fsp3) is 0.188. The van der Waals surface area contributed by atoms with E-state index in [0.717, 1.165) is 22.3 Å². The lowest BCUT2D eigenvalue weighted by Crippen LogP contribution is -2.50. The summed E-state index contributed by atoms with van der Waals surface area (Å²) < 4.78 is 10.9. The lowest BCUT2D eigenvalue weighted by atomic mass is 10.0. The predicted octanol–water partition coefficient (Wildman–Crippen LogP) is 4.91. The van der Waals surface area contributed by atoms with Gasteiger partial charge in [-0.15, -0.1) is 0 Å². The third-order valence-corrected chi connectivity index (χ3v) is 6.57. The Hall–Kier alpha value is -4.58. The van der Waals surface area contributed by atoms with Gasteiger partial charge in [0.15, 0.2) is 11.5 Å². The maximum absolute atomic E-state index is 13.8. The molecule has 2 amide bonds. The van der Waals surface area contributed by atoms with E-state index in [1.807, 2.05) is 109 Å². The van der Waals surface area contributed by atoms with Crippen LogP contribution in [-0.4, -0.2) is 29.5 Å². The van der Waals surface area contributed by atoms with Gasteiger partial charge in [0.1, 0.15) is 6.04 Å². The Balaban J connectivity index is 1.41. The van der Waals surface area contributed by atoms with E-state index in [0.29, 0.717) is 31.0 Å². The summed E-state index contributed by atoms with van der Waals surface area (Å²) in [6.07, 6.45) is 0.621. The van der Waals surface area contributed by atoms with Crippen molar-refractivity contribution < 1.29 is 19.1 Å². The number of nitrogens with zero attached hydrogens (tertiary/aromatic N) is 1. The highest BCUT2D eigenvalue weighted by Crippen LogP contribution is 2.32. The first-order chi connectivity index (χ1) is 18.7. The van der Waals surface area contributed by atoms with Gasteiger partial charge in [-0.1, -0.05) is 97.1 Å². The van der Waals surface area contributed by atoms with Crippen LogP contribution in [0.4, 0.5) is 0 Å². The molecular formula is C32H30N2O4. The van der Waals surface area contributed by atoms with Crippen LogP contribution in [-0.2, 0) is 35.5 Å². The SMILES string of the molecule is O=C(NCc1ccc2c(c1)OCO2)C(Cc1ccccc1)N(Cc1ccccc1)C(=O)Cc1ccccc1. The number of carbonyl (C=O) groups is 2. The van der Waals surface area contributed by atoms with Crippen LogP contribution in [0.1, 0.15) is 22.3 Å². The zero-order chi connectivity index (χ0) is 26.2. The van der Waals surface area contributed by atoms with Crippen LogP contribution in [0.25, 0.3) is 0 Å². The maximum Gasteiger partial charge on any atom is 0.243 e. The Morgan fingerprint density at radius 2 is 1.32 bits per heavy atom. The average molecular weight is 507 g/mol. The minimum absolute atomic E-state index is 0.0980. The average Bonchev–Trinajstić information content (AvgIpc) is 3.43. The van der Waals surface area contributed by atoms with Crippen LogP contribution < -0.4 is 14.8 Å². The van der Waals surface area contributed by atoms with Gasteiger partial charge >= 0.3 is 0 Å². The van der Waals surface area contributed by atoms with E-state index in [4.69, 9.17) is 9.47 Å². The fourth-order valence-corrected chi connectivity index (χ4v) is 4.56. The van der Waals surface area contributed by atoms with Crippen molar-refractivity contribution in [1.82, 2.24) is 10.2 Å². The molecule has 1 aliphatic heterocycles. The number of carbonyl (C=O) groups excluding carboxylic acids is 2. The summed E-state index contributed by atoms with van der Waals surface area (Å²) >= 11 is 0. The number of benzene rings is 4. The van der Waals surface area contributed by atoms with Crippen LogP contribution in [0, 0.1) is 0 Å². The first kappa shape index (κ1) is 25.1. The normalized spacial score (nSPS) is 12.5. The summed E-state index contributed by atoms with van der Waals surface area (Å²) in [5, 5.41) is 3.07. The van der Waals surface area contributed by atoms with Crippen molar-refractivity contribution in [2.24, 2.45) is 0 Å². The van der Waals surface area contributed by atoms with Crippen molar-refractivity contribution in [2.45, 2.75) is 32.0 Å². The third-order valence-electron chi connectivity index (χ3n) is 6.57. The van der Waals surface area contributed by atoms with E-state index in [1.54, 1.807) is 4.90 Å². The fourth-order valence-electron chi connectivity index (χ4n) is 4.56. The molecule has 0 aromatic heterocycles. The highest BCUT2D eigenvalue weighted by atomic mass is 16.7. The highest BCUT2D eigenvalue weighted by Gasteiger charge is 2.30. The van der Waals surface area contributed by atoms with E-state index in [2.05, 4.69) is 5.32 Å². The van der Waals surface area contributed by atoms with Gasteiger partial charge in [0.05, 0.1) is 6.42 Å². The topological polar surface area (TPSA) is 67.9 Å². The molecule has 6 heteroatoms. The Bertz CT molecular complexity index is 1360. The predicted molar refractivity (Wildman–Crippen MR) is 145 cm³/mol. The summed E-state index contributed by atoms with van der Waals surface area (Å²) in [5.41, 5.74) is 3.76. The quantitative estimate of drug-likeness (QED) is 0.332. The van der Waals surface area contributed by atoms with Gasteiger partial charge in [-0.3, -0.25) is 9.59 Å². The van der Waals surface area contributed by atoms with Gasteiger partial charge in [-0.25, -0.2) is 0 Å². The molecule has 0 radical (unpaired) electrons. The van der Waals surface area contributed by atoms with Crippen LogP contribution in [0.2, 0.25) is 0 Å². The molecule has 1 N–H and O–H groups in total. The molecule has 0 bridgehead atoms. The number of ether oxygens (including phenoxy) is 2. The Morgan fingerprint density at radius 3 is 2.00 bits per heavy atom. The summed E-state index contributed by atoms with van der Waals surface area (Å²) in [4.78, 5) is 29.3. The van der Waals surface area contributed by atoms with Gasteiger partial charge < -0.3 is 19.7 Å². The van der Waals surface area contributed by atoms with Crippen molar-refractivity contribution in [1.29, 1.82) is 0 Å². The molecule has 1 unspecified atom stereocenters. The molecule has 0 saturated carbocycles. The van der Waals surface area contributed by atoms with Crippen molar-refractivity contribution in [3.8, 4) is 11.5 Å². The van der Waals surface area contributed by atoms with Crippen LogP contribution in [0.5, 0.6) is 11.5 Å². The van der Waals surface area contributed by atoms with Gasteiger partial charge in [-0.2, -0.15) is 0 Å². The molecule has 1 atom stereocenters. The first-order valence-electron chi connectivity index (χ1n) is 12.7. The van der Waals surface area contributed by atoms with E-state index in [1.165, 1.54) is 0 Å². The molecule has 38 heavy (non-hydrogen) atoms. The minimum atomic E-state index is -0.692. The number of fused-ring (bicyclic) bond motifs is 1. The number of nitrogens with one attached hydrogen (secondary N) is 1. The smallest absolute Gasteiger partial charge is 0.243 e. The van der Waals surface area contributed by atoms with Gasteiger partial charge in [0.25, 0.3) is 0 Å². The second-order valence-electron chi connectivity index (χ2n) is 9.28. The van der Waals surface area contributed by atoms with E-state index in [9.17, 15) is 9.59 Å². The summed E-state index contributed by atoms with van der Waals surface area (Å²) in [5.74, 6) is 1.06. The molecule has 0 fully saturated rings. The second-order valence-corrected chi connectivity index (χ2v) is 9.28. The summed E-state index contributed by atoms with van der Waals surface area (Å²) in [7, 11) is 0. The number of rotatable bonds is 10. The van der Waals surface area contributed by atoms with Gasteiger partial charge in [-0.05, 0) is 34.4 Å². The van der Waals surface area contributed by atoms with Crippen molar-refractivity contribution in [3.63, 3.8) is 0 Å². The third kappa shape index (κ3) is 6.40. The van der Waals surface area contributed by atoms with Crippen molar-refractivity contribution in [2.75, 3.05) is 6.79 Å². The largest absolute Gasteiger partial charge is 0.454 e. The standard InChI is InChI=1S/C32H30N2O4/c35-31(20-25-12-6-2-7-13-25)34(22-26-14-8-3-9-15-26)28(18-24-10-4-1-5-11-24)32(36)33-21-27-16-17-29-30(19-27)38-23-37-29/h1-17,19,28H,18,20-23H2,(H,33,36). The van der Waals surface area contributed by atoms with E-state index < -0.39 is 6.04 Å². The molecule has 192 valence electrons. The molecule has 4 aromatic rings. The Labute approximate surface area is 222 Å². The van der Waals surface area contributed by atoms with Gasteiger partial charge in [0.2, 0.25) is 18.6 Å². The monoisotopic (exact) mass is 506 g/mol. The molecule has 0 saturated heterocycles. The maximum atomic E-state index is 13.8. The minimum Gasteiger partial charge on any atom is -0.454 e. The molecular weight excluding hydrogens is 476 g/mol. The lowest BCUT2D eigenvalue weighted by Gasteiger charge is -2.31. The van der Waals surface area contributed by atoms with Crippen LogP contribution in [0.3, 0.4) is 0 Å². The first-order valence-corrected chi connectivity index (χ1v) is 12.7. The Morgan fingerprint density at radius 1 is 0.711 bits per heavy atom. The number of hydrogen-bond acceptors (Lipinski definition) is 4. The van der Waals surface area contributed by atoms with Crippen molar-refractivity contribution in [3.05, 3.63) is 131 Å². The number of hydrogen-bond donors (Lipinski definition) is 1. The van der Waals surface area contributed by atoms with Gasteiger partial charge in [0, 0.05) is 19.5 Å². The molecule has 5 rings (SSSR count). The summed E-state index contributed by atoms with van der Waals surface area (Å²) in [6.45, 7) is 0.844. The highest BCUT2D eigenvalue weighted by molar-refractivity contribution is 5.88. The van der Waals surface area contributed by atoms with Crippen LogP contribution in [0.15, 0.2) is 109 Å².